The quantitative estimate of drug-likeness (QED) is 0.881. The number of rotatable bonds is 3. The van der Waals surface area contributed by atoms with E-state index in [1.165, 1.54) is 5.56 Å². The molecule has 3 atom stereocenters. The summed E-state index contributed by atoms with van der Waals surface area (Å²) in [7, 11) is 0. The highest BCUT2D eigenvalue weighted by Crippen LogP contribution is 2.37. The molecule has 20 heavy (non-hydrogen) atoms. The van der Waals surface area contributed by atoms with Gasteiger partial charge in [0, 0.05) is 24.7 Å². The molecule has 0 bridgehead atoms. The Labute approximate surface area is 119 Å². The van der Waals surface area contributed by atoms with Crippen LogP contribution >= 0.6 is 0 Å². The summed E-state index contributed by atoms with van der Waals surface area (Å²) in [5.41, 5.74) is 2.03. The van der Waals surface area contributed by atoms with Crippen LogP contribution in [0.5, 0.6) is 0 Å². The summed E-state index contributed by atoms with van der Waals surface area (Å²) in [6, 6.07) is 7.84. The molecule has 3 unspecified atom stereocenters. The minimum absolute atomic E-state index is 0.0308. The molecule has 2 aliphatic rings. The molecule has 4 heteroatoms. The Morgan fingerprint density at radius 2 is 2.05 bits per heavy atom. The molecule has 1 aliphatic heterocycles. The molecule has 0 spiro atoms. The van der Waals surface area contributed by atoms with Crippen LogP contribution in [0.3, 0.4) is 0 Å². The first kappa shape index (κ1) is 13.6. The Bertz CT molecular complexity index is 486. The van der Waals surface area contributed by atoms with Gasteiger partial charge in [-0.05, 0) is 37.8 Å². The fraction of sp³-hybridized carbons (Fsp3) is 0.562. The molecule has 1 aromatic carbocycles. The zero-order valence-corrected chi connectivity index (χ0v) is 11.9. The summed E-state index contributed by atoms with van der Waals surface area (Å²) in [6.07, 6.45) is 1.87. The number of nitrogens with one attached hydrogen (secondary N) is 1. The monoisotopic (exact) mass is 274 g/mol. The number of aryl methyl sites for hydroxylation is 1. The summed E-state index contributed by atoms with van der Waals surface area (Å²) < 4.78 is 0. The molecule has 1 aromatic rings. The lowest BCUT2D eigenvalue weighted by Gasteiger charge is -2.17. The van der Waals surface area contributed by atoms with Gasteiger partial charge in [0.2, 0.25) is 5.91 Å². The van der Waals surface area contributed by atoms with Gasteiger partial charge < -0.3 is 10.4 Å². The fourth-order valence-corrected chi connectivity index (χ4v) is 3.50. The van der Waals surface area contributed by atoms with E-state index in [2.05, 4.69) is 10.2 Å². The van der Waals surface area contributed by atoms with Gasteiger partial charge in [-0.2, -0.15) is 0 Å². The number of aliphatic hydroxyl groups is 1. The van der Waals surface area contributed by atoms with Gasteiger partial charge in [0.25, 0.3) is 0 Å². The van der Waals surface area contributed by atoms with Crippen LogP contribution in [0.1, 0.15) is 18.4 Å². The second-order valence-electron chi connectivity index (χ2n) is 6.18. The topological polar surface area (TPSA) is 52.6 Å². The highest BCUT2D eigenvalue weighted by Gasteiger charge is 2.41. The number of hydrogen-bond donors (Lipinski definition) is 2. The van der Waals surface area contributed by atoms with Crippen molar-refractivity contribution in [2.75, 3.05) is 25.0 Å². The summed E-state index contributed by atoms with van der Waals surface area (Å²) in [5.74, 6) is 0.989. The van der Waals surface area contributed by atoms with Crippen LogP contribution in [0.25, 0.3) is 0 Å². The largest absolute Gasteiger partial charge is 0.393 e. The van der Waals surface area contributed by atoms with Gasteiger partial charge in [-0.25, -0.2) is 0 Å². The zero-order chi connectivity index (χ0) is 14.1. The van der Waals surface area contributed by atoms with Crippen LogP contribution in [-0.4, -0.2) is 41.7 Å². The van der Waals surface area contributed by atoms with E-state index in [-0.39, 0.29) is 12.0 Å². The number of anilines is 1. The number of hydrogen-bond acceptors (Lipinski definition) is 3. The molecule has 0 aromatic heterocycles. The molecule has 1 saturated carbocycles. The summed E-state index contributed by atoms with van der Waals surface area (Å²) in [6.45, 7) is 4.25. The van der Waals surface area contributed by atoms with Crippen molar-refractivity contribution in [3.8, 4) is 0 Å². The lowest BCUT2D eigenvalue weighted by molar-refractivity contribution is -0.117. The van der Waals surface area contributed by atoms with Crippen molar-refractivity contribution in [1.29, 1.82) is 0 Å². The predicted molar refractivity (Wildman–Crippen MR) is 78.5 cm³/mol. The standard InChI is InChI=1S/C16H22N2O2/c1-11-2-5-13(6-3-11)17-16(20)10-18-8-12-4-7-15(19)14(12)9-18/h2-3,5-6,12,14-15,19H,4,7-10H2,1H3,(H,17,20). The minimum Gasteiger partial charge on any atom is -0.393 e. The van der Waals surface area contributed by atoms with E-state index < -0.39 is 0 Å². The Kier molecular flexibility index (Phi) is 3.76. The van der Waals surface area contributed by atoms with Crippen molar-refractivity contribution in [3.05, 3.63) is 29.8 Å². The van der Waals surface area contributed by atoms with E-state index in [1.54, 1.807) is 0 Å². The first-order valence-electron chi connectivity index (χ1n) is 7.39. The molecule has 2 N–H and O–H groups in total. The third kappa shape index (κ3) is 2.86. The maximum absolute atomic E-state index is 12.0. The SMILES string of the molecule is Cc1ccc(NC(=O)CN2CC3CCC(O)C3C2)cc1. The Morgan fingerprint density at radius 3 is 2.75 bits per heavy atom. The average molecular weight is 274 g/mol. The third-order valence-electron chi connectivity index (χ3n) is 4.60. The predicted octanol–water partition coefficient (Wildman–Crippen LogP) is 1.64. The molecular weight excluding hydrogens is 252 g/mol. The smallest absolute Gasteiger partial charge is 0.238 e. The number of likely N-dealkylation sites (tertiary alicyclic amines) is 1. The number of fused-ring (bicyclic) bond motifs is 1. The first-order valence-corrected chi connectivity index (χ1v) is 7.39. The number of amides is 1. The number of carbonyl (C=O) groups excluding carboxylic acids is 1. The van der Waals surface area contributed by atoms with Crippen LogP contribution < -0.4 is 5.32 Å². The molecule has 2 fully saturated rings. The minimum atomic E-state index is -0.162. The molecule has 1 heterocycles. The summed E-state index contributed by atoms with van der Waals surface area (Å²) >= 11 is 0. The van der Waals surface area contributed by atoms with Crippen molar-refractivity contribution in [2.45, 2.75) is 25.9 Å². The van der Waals surface area contributed by atoms with Crippen molar-refractivity contribution in [2.24, 2.45) is 11.8 Å². The van der Waals surface area contributed by atoms with Crippen molar-refractivity contribution >= 4 is 11.6 Å². The molecule has 1 saturated heterocycles. The van der Waals surface area contributed by atoms with Crippen LogP contribution in [0.15, 0.2) is 24.3 Å². The second kappa shape index (κ2) is 5.54. The van der Waals surface area contributed by atoms with Crippen molar-refractivity contribution in [1.82, 2.24) is 4.90 Å². The molecular formula is C16H22N2O2. The fourth-order valence-electron chi connectivity index (χ4n) is 3.50. The Balaban J connectivity index is 1.51. The van der Waals surface area contributed by atoms with E-state index >= 15 is 0 Å². The maximum Gasteiger partial charge on any atom is 0.238 e. The molecule has 1 amide bonds. The maximum atomic E-state index is 12.0. The van der Waals surface area contributed by atoms with Gasteiger partial charge in [-0.1, -0.05) is 17.7 Å². The molecule has 1 aliphatic carbocycles. The number of nitrogens with zero attached hydrogens (tertiary/aromatic N) is 1. The number of aliphatic hydroxyl groups excluding tert-OH is 1. The van der Waals surface area contributed by atoms with Crippen molar-refractivity contribution in [3.63, 3.8) is 0 Å². The van der Waals surface area contributed by atoms with Gasteiger partial charge in [-0.15, -0.1) is 0 Å². The van der Waals surface area contributed by atoms with Crippen LogP contribution in [0, 0.1) is 18.8 Å². The van der Waals surface area contributed by atoms with Gasteiger partial charge in [0.1, 0.15) is 0 Å². The van der Waals surface area contributed by atoms with E-state index in [1.807, 2.05) is 31.2 Å². The number of carbonyl (C=O) groups is 1. The van der Waals surface area contributed by atoms with E-state index in [9.17, 15) is 9.90 Å². The van der Waals surface area contributed by atoms with Gasteiger partial charge in [-0.3, -0.25) is 9.69 Å². The zero-order valence-electron chi connectivity index (χ0n) is 11.9. The van der Waals surface area contributed by atoms with Crippen LogP contribution in [-0.2, 0) is 4.79 Å². The van der Waals surface area contributed by atoms with E-state index in [0.717, 1.165) is 31.6 Å². The van der Waals surface area contributed by atoms with Gasteiger partial charge >= 0.3 is 0 Å². The van der Waals surface area contributed by atoms with Gasteiger partial charge in [0.05, 0.1) is 12.6 Å². The molecule has 3 rings (SSSR count). The lowest BCUT2D eigenvalue weighted by Crippen LogP contribution is -2.33. The molecule has 4 nitrogen and oxygen atoms in total. The highest BCUT2D eigenvalue weighted by atomic mass is 16.3. The first-order chi connectivity index (χ1) is 9.61. The summed E-state index contributed by atoms with van der Waals surface area (Å²) in [4.78, 5) is 14.2. The number of benzene rings is 1. The van der Waals surface area contributed by atoms with Gasteiger partial charge in [0.15, 0.2) is 0 Å². The molecule has 108 valence electrons. The highest BCUT2D eigenvalue weighted by molar-refractivity contribution is 5.92. The Hall–Kier alpha value is -1.39. The van der Waals surface area contributed by atoms with Crippen LogP contribution in [0.2, 0.25) is 0 Å². The molecule has 0 radical (unpaired) electrons. The Morgan fingerprint density at radius 1 is 1.30 bits per heavy atom. The van der Waals surface area contributed by atoms with Crippen molar-refractivity contribution < 1.29 is 9.90 Å². The van der Waals surface area contributed by atoms with E-state index in [0.29, 0.717) is 18.4 Å². The lowest BCUT2D eigenvalue weighted by atomic mass is 10.00. The van der Waals surface area contributed by atoms with E-state index in [4.69, 9.17) is 0 Å². The second-order valence-corrected chi connectivity index (χ2v) is 6.18. The summed E-state index contributed by atoms with van der Waals surface area (Å²) in [5, 5.41) is 12.8. The van der Waals surface area contributed by atoms with Crippen LogP contribution in [0.4, 0.5) is 5.69 Å². The normalized spacial score (nSPS) is 29.4. The third-order valence-corrected chi connectivity index (χ3v) is 4.60. The average Bonchev–Trinajstić information content (AvgIpc) is 2.95.